The SMILES string of the molecule is C/C(C=O)=C/c1c(-c2cncc(C)c2)cnc(N)c1N. The van der Waals surface area contributed by atoms with E-state index in [0.29, 0.717) is 16.8 Å². The van der Waals surface area contributed by atoms with Crippen LogP contribution in [0.15, 0.2) is 30.2 Å². The van der Waals surface area contributed by atoms with Gasteiger partial charge in [0, 0.05) is 35.3 Å². The smallest absolute Gasteiger partial charge is 0.147 e. The summed E-state index contributed by atoms with van der Waals surface area (Å²) in [5.74, 6) is 0.249. The van der Waals surface area contributed by atoms with Gasteiger partial charge in [-0.25, -0.2) is 4.98 Å². The molecule has 4 N–H and O–H groups in total. The van der Waals surface area contributed by atoms with Crippen LogP contribution in [-0.2, 0) is 4.79 Å². The maximum Gasteiger partial charge on any atom is 0.147 e. The number of rotatable bonds is 3. The second kappa shape index (κ2) is 5.52. The third-order valence-electron chi connectivity index (χ3n) is 2.93. The molecule has 0 aromatic carbocycles. The van der Waals surface area contributed by atoms with Crippen LogP contribution in [0.3, 0.4) is 0 Å². The van der Waals surface area contributed by atoms with Crippen molar-refractivity contribution in [2.75, 3.05) is 11.5 Å². The van der Waals surface area contributed by atoms with Crippen LogP contribution in [0.1, 0.15) is 18.1 Å². The van der Waals surface area contributed by atoms with Crippen LogP contribution in [0, 0.1) is 6.92 Å². The summed E-state index contributed by atoms with van der Waals surface area (Å²) in [4.78, 5) is 19.1. The summed E-state index contributed by atoms with van der Waals surface area (Å²) in [6.45, 7) is 3.66. The summed E-state index contributed by atoms with van der Waals surface area (Å²) in [5.41, 5.74) is 16.1. The molecule has 0 unspecified atom stereocenters. The lowest BCUT2D eigenvalue weighted by molar-refractivity contribution is -0.104. The van der Waals surface area contributed by atoms with Gasteiger partial charge in [0.15, 0.2) is 0 Å². The second-order valence-corrected chi connectivity index (χ2v) is 4.64. The van der Waals surface area contributed by atoms with Crippen LogP contribution >= 0.6 is 0 Å². The maximum atomic E-state index is 10.8. The Morgan fingerprint density at radius 3 is 2.65 bits per heavy atom. The predicted molar refractivity (Wildman–Crippen MR) is 80.7 cm³/mol. The fraction of sp³-hybridized carbons (Fsp3) is 0.133. The first kappa shape index (κ1) is 13.7. The van der Waals surface area contributed by atoms with Crippen LogP contribution in [0.5, 0.6) is 0 Å². The lowest BCUT2D eigenvalue weighted by atomic mass is 9.99. The number of aromatic nitrogens is 2. The highest BCUT2D eigenvalue weighted by atomic mass is 16.1. The van der Waals surface area contributed by atoms with Crippen LogP contribution in [0.25, 0.3) is 17.2 Å². The Balaban J connectivity index is 2.70. The first-order chi connectivity index (χ1) is 9.52. The number of allylic oxidation sites excluding steroid dienone is 1. The molecule has 0 spiro atoms. The minimum Gasteiger partial charge on any atom is -0.395 e. The standard InChI is InChI=1S/C15H16N4O/c1-9-3-11(6-18-5-9)13-7-19-15(17)14(16)12(13)4-10(2)8-20/h3-8H,16H2,1-2H3,(H2,17,19)/b10-4-. The monoisotopic (exact) mass is 268 g/mol. The van der Waals surface area contributed by atoms with Crippen molar-refractivity contribution >= 4 is 23.9 Å². The average molecular weight is 268 g/mol. The van der Waals surface area contributed by atoms with Gasteiger partial charge in [-0.2, -0.15) is 0 Å². The zero-order chi connectivity index (χ0) is 14.7. The minimum absolute atomic E-state index is 0.249. The van der Waals surface area contributed by atoms with E-state index in [1.807, 2.05) is 13.0 Å². The van der Waals surface area contributed by atoms with Gasteiger partial charge >= 0.3 is 0 Å². The molecule has 2 aromatic rings. The molecule has 2 aromatic heterocycles. The highest BCUT2D eigenvalue weighted by Gasteiger charge is 2.11. The van der Waals surface area contributed by atoms with Gasteiger partial charge in [-0.1, -0.05) is 0 Å². The van der Waals surface area contributed by atoms with E-state index < -0.39 is 0 Å². The Kier molecular flexibility index (Phi) is 3.79. The highest BCUT2D eigenvalue weighted by molar-refractivity contribution is 5.91. The Bertz CT molecular complexity index is 692. The number of hydrogen-bond acceptors (Lipinski definition) is 5. The molecule has 0 saturated carbocycles. The van der Waals surface area contributed by atoms with E-state index in [1.165, 1.54) is 0 Å². The van der Waals surface area contributed by atoms with E-state index >= 15 is 0 Å². The number of nitrogens with zero attached hydrogens (tertiary/aromatic N) is 2. The molecular formula is C15H16N4O. The molecule has 0 fully saturated rings. The van der Waals surface area contributed by atoms with Crippen molar-refractivity contribution in [3.63, 3.8) is 0 Å². The Morgan fingerprint density at radius 2 is 2.00 bits per heavy atom. The largest absolute Gasteiger partial charge is 0.395 e. The van der Waals surface area contributed by atoms with Gasteiger partial charge in [0.05, 0.1) is 5.69 Å². The minimum atomic E-state index is 0.249. The number of nitrogens with two attached hydrogens (primary N) is 2. The molecule has 0 radical (unpaired) electrons. The van der Waals surface area contributed by atoms with Gasteiger partial charge in [-0.3, -0.25) is 9.78 Å². The van der Waals surface area contributed by atoms with Crippen molar-refractivity contribution in [3.05, 3.63) is 41.4 Å². The molecular weight excluding hydrogens is 252 g/mol. The van der Waals surface area contributed by atoms with Gasteiger partial charge in [0.2, 0.25) is 0 Å². The molecule has 0 bridgehead atoms. The van der Waals surface area contributed by atoms with E-state index in [2.05, 4.69) is 9.97 Å². The third-order valence-corrected chi connectivity index (χ3v) is 2.93. The topological polar surface area (TPSA) is 94.9 Å². The Labute approximate surface area is 117 Å². The van der Waals surface area contributed by atoms with Crippen LogP contribution in [0.4, 0.5) is 11.5 Å². The summed E-state index contributed by atoms with van der Waals surface area (Å²) in [5, 5.41) is 0. The van der Waals surface area contributed by atoms with Crippen LogP contribution in [0.2, 0.25) is 0 Å². The zero-order valence-corrected chi connectivity index (χ0v) is 11.4. The molecule has 20 heavy (non-hydrogen) atoms. The summed E-state index contributed by atoms with van der Waals surface area (Å²) in [7, 11) is 0. The quantitative estimate of drug-likeness (QED) is 0.657. The van der Waals surface area contributed by atoms with Gasteiger partial charge in [-0.05, 0) is 37.1 Å². The summed E-state index contributed by atoms with van der Waals surface area (Å²) >= 11 is 0. The van der Waals surface area contributed by atoms with Crippen LogP contribution < -0.4 is 11.5 Å². The molecule has 2 heterocycles. The van der Waals surface area contributed by atoms with Gasteiger partial charge in [0.25, 0.3) is 0 Å². The molecule has 2 rings (SSSR count). The molecule has 0 aliphatic rings. The predicted octanol–water partition coefficient (Wildman–Crippen LogP) is 2.22. The molecule has 102 valence electrons. The zero-order valence-electron chi connectivity index (χ0n) is 11.4. The van der Waals surface area contributed by atoms with Crippen molar-refractivity contribution in [1.82, 2.24) is 9.97 Å². The number of hydrogen-bond donors (Lipinski definition) is 2. The van der Waals surface area contributed by atoms with Crippen molar-refractivity contribution in [2.24, 2.45) is 0 Å². The number of carbonyl (C=O) groups excluding carboxylic acids is 1. The van der Waals surface area contributed by atoms with Crippen molar-refractivity contribution in [2.45, 2.75) is 13.8 Å². The van der Waals surface area contributed by atoms with E-state index in [9.17, 15) is 4.79 Å². The summed E-state index contributed by atoms with van der Waals surface area (Å²) < 4.78 is 0. The molecule has 0 aliphatic heterocycles. The molecule has 0 amide bonds. The summed E-state index contributed by atoms with van der Waals surface area (Å²) in [6, 6.07) is 1.98. The fourth-order valence-corrected chi connectivity index (χ4v) is 1.91. The van der Waals surface area contributed by atoms with Crippen molar-refractivity contribution in [1.29, 1.82) is 0 Å². The Morgan fingerprint density at radius 1 is 1.25 bits per heavy atom. The number of anilines is 2. The highest BCUT2D eigenvalue weighted by Crippen LogP contribution is 2.31. The molecule has 5 heteroatoms. The van der Waals surface area contributed by atoms with Gasteiger partial charge in [-0.15, -0.1) is 0 Å². The van der Waals surface area contributed by atoms with E-state index in [0.717, 1.165) is 23.0 Å². The molecule has 5 nitrogen and oxygen atoms in total. The third kappa shape index (κ3) is 2.66. The molecule has 0 atom stereocenters. The normalized spacial score (nSPS) is 11.4. The average Bonchev–Trinajstić information content (AvgIpc) is 2.44. The number of pyridine rings is 2. The maximum absolute atomic E-state index is 10.8. The fourth-order valence-electron chi connectivity index (χ4n) is 1.91. The van der Waals surface area contributed by atoms with E-state index in [4.69, 9.17) is 11.5 Å². The van der Waals surface area contributed by atoms with Crippen molar-refractivity contribution in [3.8, 4) is 11.1 Å². The van der Waals surface area contributed by atoms with Crippen molar-refractivity contribution < 1.29 is 4.79 Å². The first-order valence-electron chi connectivity index (χ1n) is 6.12. The van der Waals surface area contributed by atoms with E-state index in [-0.39, 0.29) is 5.82 Å². The number of aldehydes is 1. The van der Waals surface area contributed by atoms with Gasteiger partial charge < -0.3 is 11.5 Å². The lowest BCUT2D eigenvalue weighted by Gasteiger charge is -2.11. The second-order valence-electron chi connectivity index (χ2n) is 4.64. The lowest BCUT2D eigenvalue weighted by Crippen LogP contribution is -2.02. The number of aryl methyl sites for hydroxylation is 1. The number of carbonyl (C=O) groups is 1. The molecule has 0 aliphatic carbocycles. The summed E-state index contributed by atoms with van der Waals surface area (Å²) in [6.07, 6.45) is 7.62. The Hall–Kier alpha value is -2.69. The first-order valence-corrected chi connectivity index (χ1v) is 6.12. The van der Waals surface area contributed by atoms with E-state index in [1.54, 1.807) is 31.6 Å². The molecule has 0 saturated heterocycles. The number of nitrogen functional groups attached to an aromatic ring is 2. The van der Waals surface area contributed by atoms with Crippen LogP contribution in [-0.4, -0.2) is 16.3 Å². The van der Waals surface area contributed by atoms with Gasteiger partial charge in [0.1, 0.15) is 12.1 Å².